The molecule has 0 bridgehead atoms. The van der Waals surface area contributed by atoms with E-state index in [9.17, 15) is 10.2 Å². The molecule has 0 radical (unpaired) electrons. The van der Waals surface area contributed by atoms with E-state index in [4.69, 9.17) is 9.31 Å². The molecule has 4 aliphatic rings. The van der Waals surface area contributed by atoms with Gasteiger partial charge in [0.1, 0.15) is 0 Å². The summed E-state index contributed by atoms with van der Waals surface area (Å²) in [5.41, 5.74) is -1.72. The van der Waals surface area contributed by atoms with Crippen molar-refractivity contribution in [2.75, 3.05) is 0 Å². The summed E-state index contributed by atoms with van der Waals surface area (Å²) in [4.78, 5) is 0. The lowest BCUT2D eigenvalue weighted by molar-refractivity contribution is -0.0911. The van der Waals surface area contributed by atoms with E-state index in [0.29, 0.717) is 26.7 Å². The highest BCUT2D eigenvalue weighted by Crippen LogP contribution is 2.58. The lowest BCUT2D eigenvalue weighted by atomic mass is 9.56. The van der Waals surface area contributed by atoms with Crippen molar-refractivity contribution >= 4 is 26.7 Å². The van der Waals surface area contributed by atoms with Gasteiger partial charge in [-0.05, 0) is 123 Å². The second kappa shape index (κ2) is 11.0. The molecule has 0 aromatic carbocycles. The maximum atomic E-state index is 10.7. The second-order valence-electron chi connectivity index (χ2n) is 14.5. The van der Waals surface area contributed by atoms with Crippen LogP contribution >= 0.6 is 11.8 Å². The third-order valence-electron chi connectivity index (χ3n) is 10.6. The number of rotatable bonds is 9. The molecule has 37 heavy (non-hydrogen) atoms. The van der Waals surface area contributed by atoms with Crippen LogP contribution in [0.15, 0.2) is 23.7 Å². The van der Waals surface area contributed by atoms with Crippen molar-refractivity contribution in [1.82, 2.24) is 0 Å². The Hall–Kier alpha value is -0.200. The van der Waals surface area contributed by atoms with E-state index >= 15 is 0 Å². The van der Waals surface area contributed by atoms with Crippen molar-refractivity contribution in [3.8, 4) is 0 Å². The van der Waals surface area contributed by atoms with Crippen LogP contribution in [0.4, 0.5) is 0 Å². The molecule has 1 saturated heterocycles. The zero-order valence-electron chi connectivity index (χ0n) is 24.8. The van der Waals surface area contributed by atoms with Crippen molar-refractivity contribution in [2.45, 2.75) is 139 Å². The van der Waals surface area contributed by atoms with Crippen LogP contribution in [0.5, 0.6) is 0 Å². The predicted octanol–water partition coefficient (Wildman–Crippen LogP) is 5.77. The van der Waals surface area contributed by atoms with E-state index in [1.54, 1.807) is 0 Å². The monoisotopic (exact) mass is 530 g/mol. The predicted molar refractivity (Wildman–Crippen MR) is 160 cm³/mol. The first-order valence-electron chi connectivity index (χ1n) is 14.8. The van der Waals surface area contributed by atoms with E-state index in [1.807, 2.05) is 55.4 Å². The second-order valence-corrected chi connectivity index (χ2v) is 16.0. The zero-order valence-corrected chi connectivity index (χ0v) is 25.6. The summed E-state index contributed by atoms with van der Waals surface area (Å²) in [7, 11) is 1.17. The molecule has 1 aliphatic heterocycles. The summed E-state index contributed by atoms with van der Waals surface area (Å²) >= 11 is 2.31. The van der Waals surface area contributed by atoms with E-state index in [-0.39, 0.29) is 0 Å². The molecular weight excluding hydrogens is 478 g/mol. The highest BCUT2D eigenvalue weighted by molar-refractivity contribution is 8.00. The molecule has 3 aliphatic carbocycles. The zero-order chi connectivity index (χ0) is 27.2. The Morgan fingerprint density at radius 2 is 1.57 bits per heavy atom. The van der Waals surface area contributed by atoms with E-state index in [0.717, 1.165) is 41.1 Å². The summed E-state index contributed by atoms with van der Waals surface area (Å²) in [6.45, 7) is 15.3. The molecule has 4 nitrogen and oxygen atoms in total. The SMILES string of the molecule is CC(C)(O)C(C)(C)OBC1=CC(BOC(C)(C)C(C)(C)O)CC(C2CCCC3SC4CCC=CC4C32)C1. The van der Waals surface area contributed by atoms with Crippen molar-refractivity contribution in [3.63, 3.8) is 0 Å². The summed E-state index contributed by atoms with van der Waals surface area (Å²) in [6.07, 6.45) is 16.3. The molecule has 2 N–H and O–H groups in total. The Balaban J connectivity index is 1.53. The largest absolute Gasteiger partial charge is 0.431 e. The summed E-state index contributed by atoms with van der Waals surface area (Å²) < 4.78 is 12.8. The van der Waals surface area contributed by atoms with Crippen LogP contribution in [0, 0.1) is 23.7 Å². The average molecular weight is 530 g/mol. The van der Waals surface area contributed by atoms with Gasteiger partial charge in [-0.15, -0.1) is 0 Å². The Kier molecular flexibility index (Phi) is 8.85. The molecular formula is C30H52B2O4S. The molecule has 1 heterocycles. The highest BCUT2D eigenvalue weighted by Gasteiger charge is 2.50. The average Bonchev–Trinajstić information content (AvgIpc) is 3.19. The van der Waals surface area contributed by atoms with Gasteiger partial charge >= 0.3 is 7.48 Å². The number of allylic oxidation sites excluding steroid dienone is 4. The van der Waals surface area contributed by atoms with Crippen molar-refractivity contribution in [1.29, 1.82) is 0 Å². The van der Waals surface area contributed by atoms with Crippen molar-refractivity contribution in [2.24, 2.45) is 23.7 Å². The van der Waals surface area contributed by atoms with Crippen LogP contribution in [0.2, 0.25) is 5.82 Å². The number of hydrogen-bond acceptors (Lipinski definition) is 5. The van der Waals surface area contributed by atoms with Gasteiger partial charge in [0.2, 0.25) is 0 Å². The molecule has 7 heteroatoms. The van der Waals surface area contributed by atoms with Gasteiger partial charge in [-0.1, -0.05) is 30.1 Å². The van der Waals surface area contributed by atoms with Gasteiger partial charge in [0, 0.05) is 10.5 Å². The smallest absolute Gasteiger partial charge is 0.305 e. The fourth-order valence-electron chi connectivity index (χ4n) is 6.82. The van der Waals surface area contributed by atoms with Gasteiger partial charge in [-0.25, -0.2) is 0 Å². The molecule has 0 spiro atoms. The molecule has 2 fully saturated rings. The number of thioether (sulfide) groups is 1. The molecule has 0 amide bonds. The third kappa shape index (κ3) is 6.59. The summed E-state index contributed by atoms with van der Waals surface area (Å²) in [5.74, 6) is 3.25. The number of hydrogen-bond donors (Lipinski definition) is 2. The van der Waals surface area contributed by atoms with E-state index < -0.39 is 22.4 Å². The minimum Gasteiger partial charge on any atom is -0.431 e. The first-order valence-corrected chi connectivity index (χ1v) is 15.8. The van der Waals surface area contributed by atoms with Gasteiger partial charge in [-0.3, -0.25) is 0 Å². The molecule has 0 aromatic heterocycles. The first-order chi connectivity index (χ1) is 17.1. The maximum absolute atomic E-state index is 10.7. The van der Waals surface area contributed by atoms with Gasteiger partial charge in [0.15, 0.2) is 0 Å². The first kappa shape index (κ1) is 29.8. The standard InChI is InChI=1S/C30H52B2O4S/c1-27(2,33)29(5,6)35-31-20-16-19(17-21(18-20)32-36-30(7,8)28(3,4)34)22-13-11-15-25-26(22)23-12-9-10-14-24(23)37-25/h9,12,18-20,22-26,31-34H,10-11,13-17H2,1-8H3. The number of aliphatic hydroxyl groups is 2. The van der Waals surface area contributed by atoms with Gasteiger partial charge in [0.05, 0.1) is 22.4 Å². The Labute approximate surface area is 232 Å². The normalized spacial score (nSPS) is 35.0. The quantitative estimate of drug-likeness (QED) is 0.293. The molecule has 208 valence electrons. The van der Waals surface area contributed by atoms with E-state index in [1.165, 1.54) is 37.6 Å². The lowest BCUT2D eigenvalue weighted by Gasteiger charge is -2.44. The van der Waals surface area contributed by atoms with Crippen LogP contribution in [0.1, 0.15) is 100 Å². The summed E-state index contributed by atoms with van der Waals surface area (Å²) in [6, 6.07) is 0. The highest BCUT2D eigenvalue weighted by atomic mass is 32.2. The fraction of sp³-hybridized carbons (Fsp3) is 0.867. The third-order valence-corrected chi connectivity index (χ3v) is 12.4. The van der Waals surface area contributed by atoms with Gasteiger partial charge < -0.3 is 19.5 Å². The van der Waals surface area contributed by atoms with Gasteiger partial charge in [-0.2, -0.15) is 11.8 Å². The van der Waals surface area contributed by atoms with Crippen LogP contribution in [0.25, 0.3) is 0 Å². The summed E-state index contributed by atoms with van der Waals surface area (Å²) in [5, 5.41) is 22.9. The Bertz CT molecular complexity index is 857. The minimum absolute atomic E-state index is 0.316. The molecule has 0 aromatic rings. The van der Waals surface area contributed by atoms with Crippen molar-refractivity contribution < 1.29 is 19.5 Å². The van der Waals surface area contributed by atoms with Crippen LogP contribution in [-0.2, 0) is 9.31 Å². The van der Waals surface area contributed by atoms with E-state index in [2.05, 4.69) is 30.0 Å². The van der Waals surface area contributed by atoms with Crippen molar-refractivity contribution in [3.05, 3.63) is 23.7 Å². The molecule has 7 unspecified atom stereocenters. The Morgan fingerprint density at radius 3 is 2.24 bits per heavy atom. The Morgan fingerprint density at radius 1 is 0.892 bits per heavy atom. The lowest BCUT2D eigenvalue weighted by Crippen LogP contribution is -2.49. The molecule has 1 saturated carbocycles. The van der Waals surface area contributed by atoms with Gasteiger partial charge in [0.25, 0.3) is 7.48 Å². The fourth-order valence-corrected chi connectivity index (χ4v) is 8.86. The van der Waals surface area contributed by atoms with Crippen LogP contribution in [-0.4, -0.2) is 58.1 Å². The number of fused-ring (bicyclic) bond motifs is 3. The van der Waals surface area contributed by atoms with Crippen LogP contribution < -0.4 is 0 Å². The van der Waals surface area contributed by atoms with Crippen LogP contribution in [0.3, 0.4) is 0 Å². The topological polar surface area (TPSA) is 58.9 Å². The minimum atomic E-state index is -0.916. The molecule has 7 atom stereocenters. The maximum Gasteiger partial charge on any atom is 0.305 e. The molecule has 4 rings (SSSR count).